The summed E-state index contributed by atoms with van der Waals surface area (Å²) in [7, 11) is 0. The van der Waals surface area contributed by atoms with Gasteiger partial charge in [0.05, 0.1) is 33.3 Å². The molecule has 10 nitrogen and oxygen atoms in total. The highest BCUT2D eigenvalue weighted by Crippen LogP contribution is 2.66. The zero-order chi connectivity index (χ0) is 80.4. The predicted octanol–water partition coefficient (Wildman–Crippen LogP) is 27.1. The van der Waals surface area contributed by atoms with Gasteiger partial charge in [0.25, 0.3) is 0 Å². The van der Waals surface area contributed by atoms with Gasteiger partial charge in [-0.3, -0.25) is 0 Å². The second-order valence-corrected chi connectivity index (χ2v) is 31.4. The van der Waals surface area contributed by atoms with E-state index in [0.717, 1.165) is 145 Å². The Balaban J connectivity index is 0.000000139. The van der Waals surface area contributed by atoms with Crippen LogP contribution in [0.2, 0.25) is 0 Å². The maximum atomic E-state index is 6.63. The largest absolute Gasteiger partial charge is 0.457 e. The highest BCUT2D eigenvalue weighted by molar-refractivity contribution is 6.21. The number of benzene rings is 17. The number of rotatable bonds is 9. The average molecular weight is 1560 g/mol. The third kappa shape index (κ3) is 11.0. The SMILES string of the molecule is c1ccc(-c2ccc(-c3nc(-c4ccccc4)nc(-c4ccc(-c5nc6ccccc6c6c7c(ccc56)C5(c6ccccc6Oc6ccccc65)c5ccccc5-7)cc4)n3)cc2)cc1.c1ccc(-c2nc(-c3ccccc3)nc(-c3ccc(-c4nc5ccccc5c5c6c(ccc45)C4(c5ccccc5Oc5ccccc54)c4ccccc4-6)cc3)n2)cc1. The Hall–Kier alpha value is -16.3. The zero-order valence-electron chi connectivity index (χ0n) is 65.7. The van der Waals surface area contributed by atoms with E-state index in [2.05, 4.69) is 315 Å². The van der Waals surface area contributed by atoms with E-state index in [1.165, 1.54) is 55.3 Å². The number of fused-ring (bicyclic) bond motifs is 26. The van der Waals surface area contributed by atoms with E-state index in [1.54, 1.807) is 0 Å². The average Bonchev–Trinajstić information content (AvgIpc) is 1.51. The highest BCUT2D eigenvalue weighted by atomic mass is 16.5. The molecular weight excluding hydrogens is 1490 g/mol. The molecular formula is C112H68N8O2. The van der Waals surface area contributed by atoms with Crippen LogP contribution in [0.5, 0.6) is 23.0 Å². The summed E-state index contributed by atoms with van der Waals surface area (Å²) in [5.41, 5.74) is 27.0. The zero-order valence-corrected chi connectivity index (χ0v) is 65.7. The van der Waals surface area contributed by atoms with Gasteiger partial charge in [-0.1, -0.05) is 376 Å². The van der Waals surface area contributed by atoms with Crippen LogP contribution in [0.25, 0.3) is 168 Å². The highest BCUT2D eigenvalue weighted by Gasteiger charge is 2.53. The molecule has 0 atom stereocenters. The summed E-state index contributed by atoms with van der Waals surface area (Å²) in [6.07, 6.45) is 0. The second kappa shape index (κ2) is 28.2. The standard InChI is InChI=1S/C59H36N4O.C53H32N4O/c1-3-15-37(16-4-1)38-27-31-41(32-28-38)57-61-56(40-17-5-2-6-18-40)62-58(63-57)42-33-29-39(30-34-42)55-45-35-36-49-54(53(45)44-20-8-12-24-50(44)60-55)43-19-7-9-21-46(43)59(49)47-22-10-13-25-51(47)64-52-26-14-11-23-48(52)59;1-3-15-34(16-4-1)50-55-51(35-17-5-2-6-18-35)57-52(56-50)36-29-27-33(28-30-36)49-39-31-32-43-48(47(39)38-20-8-12-24-44(38)54-49)37-19-7-9-21-40(37)53(43)41-22-10-13-25-45(41)58-46-26-14-11-23-42(46)53/h1-36H;1-32H. The first-order chi connectivity index (χ1) is 60.5. The van der Waals surface area contributed by atoms with Crippen molar-refractivity contribution in [1.29, 1.82) is 0 Å². The van der Waals surface area contributed by atoms with E-state index in [0.29, 0.717) is 34.9 Å². The van der Waals surface area contributed by atoms with Crippen molar-refractivity contribution in [2.75, 3.05) is 0 Å². The topological polar surface area (TPSA) is 122 Å². The number of para-hydroxylation sites is 6. The van der Waals surface area contributed by atoms with Crippen molar-refractivity contribution in [3.63, 3.8) is 0 Å². The molecule has 568 valence electrons. The lowest BCUT2D eigenvalue weighted by Gasteiger charge is -2.39. The molecule has 2 spiro atoms. The van der Waals surface area contributed by atoms with Gasteiger partial charge < -0.3 is 9.47 Å². The summed E-state index contributed by atoms with van der Waals surface area (Å²) in [6.45, 7) is 0. The van der Waals surface area contributed by atoms with Crippen LogP contribution in [0.4, 0.5) is 0 Å². The van der Waals surface area contributed by atoms with Crippen LogP contribution in [0.15, 0.2) is 413 Å². The Bertz CT molecular complexity index is 7650. The lowest BCUT2D eigenvalue weighted by Crippen LogP contribution is -2.32. The normalized spacial score (nSPS) is 13.0. The van der Waals surface area contributed by atoms with Gasteiger partial charge in [-0.05, 0) is 92.0 Å². The number of ether oxygens (including phenoxy) is 2. The van der Waals surface area contributed by atoms with E-state index in [-0.39, 0.29) is 0 Å². The molecule has 4 aliphatic rings. The maximum absolute atomic E-state index is 6.63. The summed E-state index contributed by atoms with van der Waals surface area (Å²) in [6, 6.07) is 144. The molecule has 21 aromatic rings. The van der Waals surface area contributed by atoms with Crippen molar-refractivity contribution in [3.8, 4) is 147 Å². The first-order valence-electron chi connectivity index (χ1n) is 41.2. The van der Waals surface area contributed by atoms with Crippen LogP contribution < -0.4 is 9.47 Å². The minimum absolute atomic E-state index is 0.556. The van der Waals surface area contributed by atoms with E-state index in [9.17, 15) is 0 Å². The molecule has 2 aliphatic carbocycles. The smallest absolute Gasteiger partial charge is 0.164 e. The van der Waals surface area contributed by atoms with Crippen LogP contribution in [-0.2, 0) is 10.8 Å². The molecule has 0 N–H and O–H groups in total. The minimum Gasteiger partial charge on any atom is -0.457 e. The lowest BCUT2D eigenvalue weighted by atomic mass is 9.66. The summed E-state index contributed by atoms with van der Waals surface area (Å²) < 4.78 is 13.2. The van der Waals surface area contributed by atoms with Crippen molar-refractivity contribution in [2.24, 2.45) is 0 Å². The fraction of sp³-hybridized carbons (Fsp3) is 0.0179. The first kappa shape index (κ1) is 70.0. The van der Waals surface area contributed by atoms with E-state index in [1.807, 2.05) is 97.1 Å². The monoisotopic (exact) mass is 1560 g/mol. The van der Waals surface area contributed by atoms with Gasteiger partial charge in [-0.2, -0.15) is 0 Å². The Labute approximate surface area is 703 Å². The predicted molar refractivity (Wildman–Crippen MR) is 489 cm³/mol. The summed E-state index contributed by atoms with van der Waals surface area (Å²) in [4.78, 5) is 40.8. The fourth-order valence-electron chi connectivity index (χ4n) is 19.5. The third-order valence-electron chi connectivity index (χ3n) is 24.8. The van der Waals surface area contributed by atoms with Gasteiger partial charge in [0.15, 0.2) is 34.9 Å². The molecule has 17 aromatic carbocycles. The van der Waals surface area contributed by atoms with Crippen LogP contribution >= 0.6 is 0 Å². The lowest BCUT2D eigenvalue weighted by molar-refractivity contribution is 0.436. The van der Waals surface area contributed by atoms with Crippen molar-refractivity contribution in [1.82, 2.24) is 39.9 Å². The molecule has 4 aromatic heterocycles. The Morgan fingerprint density at radius 1 is 0.164 bits per heavy atom. The van der Waals surface area contributed by atoms with E-state index in [4.69, 9.17) is 49.3 Å². The quantitative estimate of drug-likeness (QED) is 0.129. The van der Waals surface area contributed by atoms with Gasteiger partial charge in [0, 0.05) is 99.1 Å². The molecule has 2 aliphatic heterocycles. The van der Waals surface area contributed by atoms with Gasteiger partial charge in [0.1, 0.15) is 23.0 Å². The molecule has 10 heteroatoms. The van der Waals surface area contributed by atoms with Crippen LogP contribution in [0, 0.1) is 0 Å². The molecule has 6 heterocycles. The third-order valence-corrected chi connectivity index (χ3v) is 24.8. The molecule has 0 fully saturated rings. The maximum Gasteiger partial charge on any atom is 0.164 e. The summed E-state index contributed by atoms with van der Waals surface area (Å²) in [5.74, 6) is 7.27. The molecule has 0 saturated heterocycles. The Morgan fingerprint density at radius 2 is 0.410 bits per heavy atom. The molecule has 0 saturated carbocycles. The van der Waals surface area contributed by atoms with Crippen molar-refractivity contribution < 1.29 is 9.47 Å². The minimum atomic E-state index is -0.566. The van der Waals surface area contributed by atoms with E-state index >= 15 is 0 Å². The van der Waals surface area contributed by atoms with Crippen LogP contribution in [0.1, 0.15) is 44.5 Å². The molecule has 0 radical (unpaired) electrons. The van der Waals surface area contributed by atoms with E-state index < -0.39 is 10.8 Å². The molecule has 0 amide bonds. The van der Waals surface area contributed by atoms with Gasteiger partial charge in [-0.15, -0.1) is 0 Å². The number of nitrogens with zero attached hydrogens (tertiary/aromatic N) is 8. The number of hydrogen-bond donors (Lipinski definition) is 0. The molecule has 0 unspecified atom stereocenters. The Kier molecular flexibility index (Phi) is 16.2. The number of aromatic nitrogens is 8. The second-order valence-electron chi connectivity index (χ2n) is 31.4. The van der Waals surface area contributed by atoms with Crippen molar-refractivity contribution in [2.45, 2.75) is 10.8 Å². The van der Waals surface area contributed by atoms with Crippen LogP contribution in [0.3, 0.4) is 0 Å². The summed E-state index contributed by atoms with van der Waals surface area (Å²) >= 11 is 0. The number of hydrogen-bond acceptors (Lipinski definition) is 10. The van der Waals surface area contributed by atoms with Crippen molar-refractivity contribution >= 4 is 43.4 Å². The molecule has 25 rings (SSSR count). The summed E-state index contributed by atoms with van der Waals surface area (Å²) in [5, 5.41) is 6.84. The van der Waals surface area contributed by atoms with Crippen molar-refractivity contribution in [3.05, 3.63) is 457 Å². The van der Waals surface area contributed by atoms with Gasteiger partial charge in [0.2, 0.25) is 0 Å². The number of pyridine rings is 2. The molecule has 122 heavy (non-hydrogen) atoms. The Morgan fingerprint density at radius 3 is 0.746 bits per heavy atom. The first-order valence-corrected chi connectivity index (χ1v) is 41.2. The van der Waals surface area contributed by atoms with Gasteiger partial charge >= 0.3 is 0 Å². The fourth-order valence-corrected chi connectivity index (χ4v) is 19.5. The van der Waals surface area contributed by atoms with Crippen LogP contribution in [-0.4, -0.2) is 39.9 Å². The molecule has 0 bridgehead atoms. The van der Waals surface area contributed by atoms with Gasteiger partial charge in [-0.25, -0.2) is 39.9 Å².